The minimum atomic E-state index is 0.487. The van der Waals surface area contributed by atoms with Crippen molar-refractivity contribution in [2.24, 2.45) is 0 Å². The van der Waals surface area contributed by atoms with E-state index in [0.717, 1.165) is 11.4 Å². The van der Waals surface area contributed by atoms with Gasteiger partial charge in [-0.3, -0.25) is 0 Å². The molecule has 1 nitrogen and oxygen atoms in total. The average molecular weight is 420 g/mol. The van der Waals surface area contributed by atoms with Crippen LogP contribution in [0.1, 0.15) is 36.9 Å². The molecule has 4 rings (SSSR count). The Kier molecular flexibility index (Phi) is 6.09. The molecule has 3 aromatic carbocycles. The number of likely N-dealkylation sites (tertiary alicyclic amines) is 1. The Hall–Kier alpha value is -1.86. The first-order valence-corrected chi connectivity index (χ1v) is 11.8. The van der Waals surface area contributed by atoms with Crippen molar-refractivity contribution < 1.29 is 0 Å². The quantitative estimate of drug-likeness (QED) is 0.494. The molecule has 0 aromatic heterocycles. The summed E-state index contributed by atoms with van der Waals surface area (Å²) < 4.78 is 1.52. The molecule has 1 aliphatic rings. The van der Waals surface area contributed by atoms with Crippen molar-refractivity contribution in [3.8, 4) is 0 Å². The van der Waals surface area contributed by atoms with E-state index in [1.807, 2.05) is 0 Å². The third-order valence-corrected chi connectivity index (χ3v) is 8.26. The van der Waals surface area contributed by atoms with Crippen LogP contribution in [0.2, 0.25) is 4.82 Å². The third kappa shape index (κ3) is 4.35. The minimum absolute atomic E-state index is 0.487. The Morgan fingerprint density at radius 1 is 0.815 bits per heavy atom. The monoisotopic (exact) mass is 421 g/mol. The topological polar surface area (TPSA) is 3.24 Å². The van der Waals surface area contributed by atoms with Crippen LogP contribution in [-0.4, -0.2) is 25.9 Å². The van der Waals surface area contributed by atoms with E-state index in [2.05, 4.69) is 103 Å². The molecule has 1 fully saturated rings. The Balaban J connectivity index is 1.66. The third-order valence-electron chi connectivity index (χ3n) is 5.53. The molecule has 0 aliphatic carbocycles. The van der Waals surface area contributed by atoms with Gasteiger partial charge in [-0.1, -0.05) is 0 Å². The SMILES string of the molecule is CC[C@@H]1C[C@H]([Se]c2ccccc2)[C@@H](c2ccccc2)N1Cc1ccccc1. The maximum atomic E-state index is 2.78. The molecule has 0 spiro atoms. The van der Waals surface area contributed by atoms with Crippen molar-refractivity contribution in [2.45, 2.75) is 43.2 Å². The number of rotatable bonds is 6. The average Bonchev–Trinajstić information content (AvgIpc) is 3.07. The predicted molar refractivity (Wildman–Crippen MR) is 115 cm³/mol. The molecule has 138 valence electrons. The second-order valence-corrected chi connectivity index (χ2v) is 10.0. The van der Waals surface area contributed by atoms with Crippen LogP contribution >= 0.6 is 0 Å². The first-order valence-electron chi connectivity index (χ1n) is 9.91. The van der Waals surface area contributed by atoms with Gasteiger partial charge in [0.05, 0.1) is 0 Å². The van der Waals surface area contributed by atoms with Gasteiger partial charge in [0.2, 0.25) is 0 Å². The molecule has 1 aliphatic heterocycles. The molecule has 0 unspecified atom stereocenters. The van der Waals surface area contributed by atoms with E-state index in [-0.39, 0.29) is 0 Å². The Morgan fingerprint density at radius 2 is 1.41 bits per heavy atom. The number of hydrogen-bond acceptors (Lipinski definition) is 1. The Labute approximate surface area is 169 Å². The predicted octanol–water partition coefficient (Wildman–Crippen LogP) is 5.23. The fourth-order valence-electron chi connectivity index (χ4n) is 4.24. The van der Waals surface area contributed by atoms with Gasteiger partial charge in [0, 0.05) is 0 Å². The van der Waals surface area contributed by atoms with E-state index in [4.69, 9.17) is 0 Å². The van der Waals surface area contributed by atoms with Gasteiger partial charge < -0.3 is 0 Å². The molecule has 1 saturated heterocycles. The van der Waals surface area contributed by atoms with Gasteiger partial charge in [-0.25, -0.2) is 0 Å². The molecule has 0 saturated carbocycles. The first-order chi connectivity index (χ1) is 13.3. The van der Waals surface area contributed by atoms with E-state index in [1.54, 1.807) is 0 Å². The van der Waals surface area contributed by atoms with Crippen molar-refractivity contribution in [1.82, 2.24) is 4.90 Å². The van der Waals surface area contributed by atoms with Crippen LogP contribution in [0.5, 0.6) is 0 Å². The van der Waals surface area contributed by atoms with Crippen molar-refractivity contribution in [3.05, 3.63) is 102 Å². The van der Waals surface area contributed by atoms with Gasteiger partial charge in [-0.15, -0.1) is 0 Å². The zero-order valence-electron chi connectivity index (χ0n) is 15.9. The number of benzene rings is 3. The second-order valence-electron chi connectivity index (χ2n) is 7.28. The van der Waals surface area contributed by atoms with Crippen LogP contribution in [0.25, 0.3) is 0 Å². The molecule has 27 heavy (non-hydrogen) atoms. The fourth-order valence-corrected chi connectivity index (χ4v) is 7.23. The molecule has 1 heterocycles. The Bertz CT molecular complexity index is 819. The summed E-state index contributed by atoms with van der Waals surface area (Å²) in [5, 5.41) is 0. The molecule has 3 aromatic rings. The number of nitrogens with zero attached hydrogens (tertiary/aromatic N) is 1. The Morgan fingerprint density at radius 3 is 2.04 bits per heavy atom. The summed E-state index contributed by atoms with van der Waals surface area (Å²) in [7, 11) is 0. The van der Waals surface area contributed by atoms with Gasteiger partial charge in [-0.05, 0) is 0 Å². The molecule has 3 atom stereocenters. The van der Waals surface area contributed by atoms with Gasteiger partial charge in [0.25, 0.3) is 0 Å². The summed E-state index contributed by atoms with van der Waals surface area (Å²) in [4.78, 5) is 3.50. The maximum absolute atomic E-state index is 2.78. The molecule has 2 heteroatoms. The molecule has 0 N–H and O–H groups in total. The fraction of sp³-hybridized carbons (Fsp3) is 0.280. The van der Waals surface area contributed by atoms with Gasteiger partial charge in [0.1, 0.15) is 0 Å². The van der Waals surface area contributed by atoms with E-state index in [9.17, 15) is 0 Å². The van der Waals surface area contributed by atoms with Crippen molar-refractivity contribution in [2.75, 3.05) is 0 Å². The zero-order valence-corrected chi connectivity index (χ0v) is 17.6. The summed E-state index contributed by atoms with van der Waals surface area (Å²) in [5.74, 6) is 0. The molecular formula is C25H27NSe. The molecule has 0 bridgehead atoms. The van der Waals surface area contributed by atoms with E-state index < -0.39 is 0 Å². The molecular weight excluding hydrogens is 393 g/mol. The van der Waals surface area contributed by atoms with E-state index in [1.165, 1.54) is 28.4 Å². The zero-order chi connectivity index (χ0) is 18.5. The summed E-state index contributed by atoms with van der Waals surface area (Å²) in [6.07, 6.45) is 2.52. The van der Waals surface area contributed by atoms with Gasteiger partial charge in [0.15, 0.2) is 0 Å². The van der Waals surface area contributed by atoms with Crippen LogP contribution in [0.3, 0.4) is 0 Å². The van der Waals surface area contributed by atoms with Crippen LogP contribution in [0.4, 0.5) is 0 Å². The normalized spacial score (nSPS) is 22.8. The van der Waals surface area contributed by atoms with E-state index >= 15 is 0 Å². The summed E-state index contributed by atoms with van der Waals surface area (Å²) in [5.41, 5.74) is 2.90. The van der Waals surface area contributed by atoms with Crippen LogP contribution < -0.4 is 4.46 Å². The second kappa shape index (κ2) is 8.89. The summed E-state index contributed by atoms with van der Waals surface area (Å²) in [6, 6.07) is 34.4. The summed E-state index contributed by atoms with van der Waals surface area (Å²) >= 11 is 0.487. The first kappa shape index (κ1) is 18.5. The van der Waals surface area contributed by atoms with E-state index in [0.29, 0.717) is 27.0 Å². The van der Waals surface area contributed by atoms with Gasteiger partial charge >= 0.3 is 170 Å². The number of hydrogen-bond donors (Lipinski definition) is 0. The van der Waals surface area contributed by atoms with Crippen LogP contribution in [0.15, 0.2) is 91.0 Å². The van der Waals surface area contributed by atoms with Crippen LogP contribution in [-0.2, 0) is 6.54 Å². The van der Waals surface area contributed by atoms with Gasteiger partial charge in [-0.2, -0.15) is 0 Å². The molecule has 0 amide bonds. The van der Waals surface area contributed by atoms with Crippen molar-refractivity contribution in [3.63, 3.8) is 0 Å². The van der Waals surface area contributed by atoms with Crippen molar-refractivity contribution >= 4 is 19.4 Å². The standard InChI is InChI=1S/C25H27NSe/c1-2-22-18-24(27-23-16-10-5-11-17-23)25(21-14-8-4-9-15-21)26(22)19-20-12-6-3-7-13-20/h3-17,22,24-25H,2,18-19H2,1H3/t22-,24+,25-/m1/s1. The van der Waals surface area contributed by atoms with Crippen molar-refractivity contribution in [1.29, 1.82) is 0 Å². The molecule has 0 radical (unpaired) electrons. The van der Waals surface area contributed by atoms with Crippen LogP contribution in [0, 0.1) is 0 Å². The summed E-state index contributed by atoms with van der Waals surface area (Å²) in [6.45, 7) is 3.39.